The first-order chi connectivity index (χ1) is 8.91. The zero-order valence-electron chi connectivity index (χ0n) is 11.4. The molecule has 0 spiro atoms. The van der Waals surface area contributed by atoms with Crippen molar-refractivity contribution < 1.29 is 14.3 Å². The van der Waals surface area contributed by atoms with Crippen molar-refractivity contribution in [3.63, 3.8) is 0 Å². The number of benzene rings is 1. The number of halogens is 1. The molecule has 1 fully saturated rings. The number of rotatable bonds is 3. The molecule has 0 bridgehead atoms. The largest absolute Gasteiger partial charge is 0.388 e. The zero-order valence-corrected chi connectivity index (χ0v) is 11.4. The van der Waals surface area contributed by atoms with E-state index in [-0.39, 0.29) is 18.3 Å². The van der Waals surface area contributed by atoms with E-state index in [1.54, 1.807) is 13.8 Å². The van der Waals surface area contributed by atoms with E-state index in [4.69, 9.17) is 0 Å². The smallest absolute Gasteiger partial charge is 0.251 e. The Morgan fingerprint density at radius 2 is 1.84 bits per heavy atom. The quantitative estimate of drug-likeness (QED) is 0.882. The van der Waals surface area contributed by atoms with Crippen molar-refractivity contribution in [3.8, 4) is 0 Å². The highest BCUT2D eigenvalue weighted by molar-refractivity contribution is 5.94. The van der Waals surface area contributed by atoms with Crippen LogP contribution < -0.4 is 5.32 Å². The van der Waals surface area contributed by atoms with E-state index in [9.17, 15) is 14.3 Å². The van der Waals surface area contributed by atoms with E-state index in [1.165, 1.54) is 12.1 Å². The van der Waals surface area contributed by atoms with E-state index < -0.39 is 5.60 Å². The Labute approximate surface area is 112 Å². The first kappa shape index (κ1) is 14.0. The lowest BCUT2D eigenvalue weighted by Gasteiger charge is -2.22. The average molecular weight is 265 g/mol. The molecule has 1 aliphatic rings. The first-order valence-corrected chi connectivity index (χ1v) is 6.69. The van der Waals surface area contributed by atoms with Gasteiger partial charge in [-0.25, -0.2) is 4.39 Å². The highest BCUT2D eigenvalue weighted by Crippen LogP contribution is 2.28. The molecule has 2 rings (SSSR count). The van der Waals surface area contributed by atoms with E-state index in [1.807, 2.05) is 0 Å². The van der Waals surface area contributed by atoms with Crippen molar-refractivity contribution in [3.05, 3.63) is 34.6 Å². The number of hydrogen-bond acceptors (Lipinski definition) is 2. The molecule has 0 radical (unpaired) electrons. The normalized spacial score (nSPS) is 17.5. The summed E-state index contributed by atoms with van der Waals surface area (Å²) in [7, 11) is 0. The van der Waals surface area contributed by atoms with Crippen molar-refractivity contribution in [1.29, 1.82) is 0 Å². The third-order valence-electron chi connectivity index (χ3n) is 3.81. The lowest BCUT2D eigenvalue weighted by Crippen LogP contribution is -2.40. The average Bonchev–Trinajstić information content (AvgIpc) is 2.80. The molecular formula is C15H20FNO2. The minimum Gasteiger partial charge on any atom is -0.388 e. The van der Waals surface area contributed by atoms with Gasteiger partial charge in [-0.3, -0.25) is 4.79 Å². The van der Waals surface area contributed by atoms with E-state index >= 15 is 0 Å². The molecule has 1 aromatic rings. The van der Waals surface area contributed by atoms with Crippen LogP contribution in [0, 0.1) is 19.7 Å². The Morgan fingerprint density at radius 1 is 1.32 bits per heavy atom. The molecule has 0 aromatic heterocycles. The fourth-order valence-electron chi connectivity index (χ4n) is 2.63. The number of amides is 1. The third kappa shape index (κ3) is 3.13. The van der Waals surface area contributed by atoms with Gasteiger partial charge in [-0.05, 0) is 49.9 Å². The number of carbonyl (C=O) groups is 1. The Kier molecular flexibility index (Phi) is 3.90. The number of carbonyl (C=O) groups excluding carboxylic acids is 1. The molecule has 0 aliphatic heterocycles. The van der Waals surface area contributed by atoms with Crippen molar-refractivity contribution in [2.24, 2.45) is 0 Å². The molecule has 0 unspecified atom stereocenters. The summed E-state index contributed by atoms with van der Waals surface area (Å²) in [6.07, 6.45) is 3.46. The fraction of sp³-hybridized carbons (Fsp3) is 0.533. The number of nitrogens with one attached hydrogen (secondary N) is 1. The Bertz CT molecular complexity index is 470. The summed E-state index contributed by atoms with van der Waals surface area (Å²) in [5.74, 6) is -0.530. The van der Waals surface area contributed by atoms with Crippen molar-refractivity contribution in [2.75, 3.05) is 6.54 Å². The molecule has 2 N–H and O–H groups in total. The van der Waals surface area contributed by atoms with Gasteiger partial charge in [-0.2, -0.15) is 0 Å². The molecule has 0 atom stereocenters. The van der Waals surface area contributed by atoms with E-state index in [2.05, 4.69) is 5.32 Å². The van der Waals surface area contributed by atoms with Crippen LogP contribution in [0.25, 0.3) is 0 Å². The van der Waals surface area contributed by atoms with Crippen LogP contribution in [-0.4, -0.2) is 23.2 Å². The summed E-state index contributed by atoms with van der Waals surface area (Å²) in [6, 6.07) is 3.08. The van der Waals surface area contributed by atoms with Crippen LogP contribution in [0.15, 0.2) is 12.1 Å². The SMILES string of the molecule is Cc1cc(C(=O)NCC2(O)CCCC2)cc(C)c1F. The molecule has 0 saturated heterocycles. The second-order valence-electron chi connectivity index (χ2n) is 5.54. The van der Waals surface area contributed by atoms with Gasteiger partial charge in [0.05, 0.1) is 5.60 Å². The molecule has 0 heterocycles. The number of aliphatic hydroxyl groups is 1. The van der Waals surface area contributed by atoms with Crippen molar-refractivity contribution >= 4 is 5.91 Å². The molecule has 19 heavy (non-hydrogen) atoms. The van der Waals surface area contributed by atoms with Gasteiger partial charge >= 0.3 is 0 Å². The Morgan fingerprint density at radius 3 is 2.37 bits per heavy atom. The molecule has 3 nitrogen and oxygen atoms in total. The summed E-state index contributed by atoms with van der Waals surface area (Å²) in [5, 5.41) is 12.9. The number of hydrogen-bond donors (Lipinski definition) is 2. The summed E-state index contributed by atoms with van der Waals surface area (Å²) >= 11 is 0. The van der Waals surface area contributed by atoms with Gasteiger partial charge in [0.15, 0.2) is 0 Å². The van der Waals surface area contributed by atoms with Gasteiger partial charge in [0.2, 0.25) is 0 Å². The van der Waals surface area contributed by atoms with Crippen LogP contribution >= 0.6 is 0 Å². The first-order valence-electron chi connectivity index (χ1n) is 6.69. The molecule has 4 heteroatoms. The molecule has 1 saturated carbocycles. The summed E-state index contributed by atoms with van der Waals surface area (Å²) in [6.45, 7) is 3.55. The van der Waals surface area contributed by atoms with Gasteiger partial charge < -0.3 is 10.4 Å². The highest BCUT2D eigenvalue weighted by atomic mass is 19.1. The zero-order chi connectivity index (χ0) is 14.0. The Balaban J connectivity index is 2.04. The second kappa shape index (κ2) is 5.29. The summed E-state index contributed by atoms with van der Waals surface area (Å²) < 4.78 is 13.5. The van der Waals surface area contributed by atoms with Gasteiger partial charge in [-0.1, -0.05) is 12.8 Å². The maximum absolute atomic E-state index is 13.5. The van der Waals surface area contributed by atoms with Crippen LogP contribution in [0.1, 0.15) is 47.2 Å². The van der Waals surface area contributed by atoms with Gasteiger partial charge in [-0.15, -0.1) is 0 Å². The van der Waals surface area contributed by atoms with Crippen molar-refractivity contribution in [1.82, 2.24) is 5.32 Å². The third-order valence-corrected chi connectivity index (χ3v) is 3.81. The molecule has 1 aliphatic carbocycles. The van der Waals surface area contributed by atoms with Crippen LogP contribution in [-0.2, 0) is 0 Å². The molecular weight excluding hydrogens is 245 g/mol. The van der Waals surface area contributed by atoms with Crippen LogP contribution in [0.3, 0.4) is 0 Å². The van der Waals surface area contributed by atoms with E-state index in [0.29, 0.717) is 16.7 Å². The van der Waals surface area contributed by atoms with Crippen LogP contribution in [0.2, 0.25) is 0 Å². The van der Waals surface area contributed by atoms with Crippen LogP contribution in [0.4, 0.5) is 4.39 Å². The fourth-order valence-corrected chi connectivity index (χ4v) is 2.63. The van der Waals surface area contributed by atoms with Crippen molar-refractivity contribution in [2.45, 2.75) is 45.1 Å². The molecule has 1 amide bonds. The molecule has 1 aromatic carbocycles. The predicted octanol–water partition coefficient (Wildman–Crippen LogP) is 2.48. The summed E-state index contributed by atoms with van der Waals surface area (Å²) in [5.41, 5.74) is 0.604. The topological polar surface area (TPSA) is 49.3 Å². The summed E-state index contributed by atoms with van der Waals surface area (Å²) in [4.78, 5) is 12.0. The predicted molar refractivity (Wildman–Crippen MR) is 71.6 cm³/mol. The Hall–Kier alpha value is -1.42. The standard InChI is InChI=1S/C15H20FNO2/c1-10-7-12(8-11(2)13(10)16)14(18)17-9-15(19)5-3-4-6-15/h7-8,19H,3-6,9H2,1-2H3,(H,17,18). The maximum atomic E-state index is 13.5. The lowest BCUT2D eigenvalue weighted by atomic mass is 10.0. The molecule has 104 valence electrons. The minimum atomic E-state index is -0.764. The minimum absolute atomic E-state index is 0.258. The second-order valence-corrected chi connectivity index (χ2v) is 5.54. The monoisotopic (exact) mass is 265 g/mol. The van der Waals surface area contributed by atoms with Gasteiger partial charge in [0.25, 0.3) is 5.91 Å². The highest BCUT2D eigenvalue weighted by Gasteiger charge is 2.31. The lowest BCUT2D eigenvalue weighted by molar-refractivity contribution is 0.0449. The van der Waals surface area contributed by atoms with E-state index in [0.717, 1.165) is 25.7 Å². The van der Waals surface area contributed by atoms with Gasteiger partial charge in [0, 0.05) is 12.1 Å². The number of aryl methyl sites for hydroxylation is 2. The van der Waals surface area contributed by atoms with Crippen LogP contribution in [0.5, 0.6) is 0 Å². The maximum Gasteiger partial charge on any atom is 0.251 e. The van der Waals surface area contributed by atoms with Gasteiger partial charge in [0.1, 0.15) is 5.82 Å².